The molecule has 0 fully saturated rings. The maximum atomic E-state index is 13.4. The minimum Gasteiger partial charge on any atom is -0.324 e. The van der Waals surface area contributed by atoms with Gasteiger partial charge in [0.1, 0.15) is 5.82 Å². The smallest absolute Gasteiger partial charge is 0.259 e. The van der Waals surface area contributed by atoms with Gasteiger partial charge in [0.05, 0.1) is 21.1 Å². The molecule has 0 saturated heterocycles. The van der Waals surface area contributed by atoms with E-state index in [9.17, 15) is 9.18 Å². The molecule has 0 unspecified atom stereocenters. The van der Waals surface area contributed by atoms with Crippen LogP contribution in [0.15, 0.2) is 46.9 Å². The van der Waals surface area contributed by atoms with Crippen LogP contribution in [0.1, 0.15) is 10.4 Å². The molecule has 2 N–H and O–H groups in total. The molecule has 0 bridgehead atoms. The highest BCUT2D eigenvalue weighted by atomic mass is 79.9. The van der Waals surface area contributed by atoms with Crippen LogP contribution in [0.4, 0.5) is 10.3 Å². The number of anilines is 1. The number of fused-ring (bicyclic) bond motifs is 1. The number of aromatic amines is 1. The minimum absolute atomic E-state index is 0.133. The van der Waals surface area contributed by atoms with Gasteiger partial charge in [-0.3, -0.25) is 10.1 Å². The SMILES string of the molecule is O=C(Nc1nc2ccccc2[nH]1)c1cccc(F)c1Br. The Balaban J connectivity index is 1.90. The molecule has 1 amide bonds. The summed E-state index contributed by atoms with van der Waals surface area (Å²) in [5, 5.41) is 2.61. The second kappa shape index (κ2) is 5.05. The van der Waals surface area contributed by atoms with E-state index in [1.165, 1.54) is 18.2 Å². The first-order valence-corrected chi connectivity index (χ1v) is 6.64. The fourth-order valence-electron chi connectivity index (χ4n) is 1.87. The Morgan fingerprint density at radius 1 is 1.20 bits per heavy atom. The molecule has 100 valence electrons. The number of imidazole rings is 1. The normalized spacial score (nSPS) is 10.7. The van der Waals surface area contributed by atoms with Crippen LogP contribution < -0.4 is 5.32 Å². The average Bonchev–Trinajstić information content (AvgIpc) is 2.83. The Labute approximate surface area is 122 Å². The Bertz CT molecular complexity index is 767. The number of aromatic nitrogens is 2. The van der Waals surface area contributed by atoms with Crippen LogP contribution in [0, 0.1) is 5.82 Å². The zero-order valence-corrected chi connectivity index (χ0v) is 11.7. The standard InChI is InChI=1S/C14H9BrFN3O/c15-12-8(4-3-5-9(12)16)13(20)19-14-17-10-6-1-2-7-11(10)18-14/h1-7H,(H2,17,18,19,20). The van der Waals surface area contributed by atoms with Crippen LogP contribution in [0.5, 0.6) is 0 Å². The van der Waals surface area contributed by atoms with E-state index >= 15 is 0 Å². The Kier molecular flexibility index (Phi) is 3.23. The van der Waals surface area contributed by atoms with Crippen LogP contribution in [0.2, 0.25) is 0 Å². The molecule has 3 aromatic rings. The van der Waals surface area contributed by atoms with Crippen molar-refractivity contribution in [3.63, 3.8) is 0 Å². The summed E-state index contributed by atoms with van der Waals surface area (Å²) >= 11 is 3.06. The number of hydrogen-bond donors (Lipinski definition) is 2. The third kappa shape index (κ3) is 2.30. The fourth-order valence-corrected chi connectivity index (χ4v) is 2.31. The lowest BCUT2D eigenvalue weighted by Crippen LogP contribution is -2.14. The zero-order chi connectivity index (χ0) is 14.1. The largest absolute Gasteiger partial charge is 0.324 e. The molecule has 20 heavy (non-hydrogen) atoms. The van der Waals surface area contributed by atoms with Gasteiger partial charge < -0.3 is 4.98 Å². The Morgan fingerprint density at radius 2 is 2.00 bits per heavy atom. The molecule has 0 aliphatic heterocycles. The number of carbonyl (C=O) groups excluding carboxylic acids is 1. The molecule has 0 aliphatic carbocycles. The van der Waals surface area contributed by atoms with Crippen molar-refractivity contribution < 1.29 is 9.18 Å². The van der Waals surface area contributed by atoms with Crippen molar-refractivity contribution in [2.45, 2.75) is 0 Å². The lowest BCUT2D eigenvalue weighted by molar-refractivity contribution is 0.102. The summed E-state index contributed by atoms with van der Waals surface area (Å²) in [7, 11) is 0. The van der Waals surface area contributed by atoms with E-state index in [0.717, 1.165) is 11.0 Å². The van der Waals surface area contributed by atoms with Crippen molar-refractivity contribution in [2.24, 2.45) is 0 Å². The van der Waals surface area contributed by atoms with Gasteiger partial charge in [-0.05, 0) is 40.2 Å². The third-order valence-electron chi connectivity index (χ3n) is 2.82. The molecule has 0 spiro atoms. The number of amides is 1. The van der Waals surface area contributed by atoms with Crippen LogP contribution in [0.25, 0.3) is 11.0 Å². The highest BCUT2D eigenvalue weighted by Gasteiger charge is 2.14. The first-order valence-electron chi connectivity index (χ1n) is 5.85. The van der Waals surface area contributed by atoms with E-state index in [0.29, 0.717) is 5.95 Å². The molecule has 6 heteroatoms. The summed E-state index contributed by atoms with van der Waals surface area (Å²) in [6.45, 7) is 0. The summed E-state index contributed by atoms with van der Waals surface area (Å²) in [5.74, 6) is -0.593. The summed E-state index contributed by atoms with van der Waals surface area (Å²) in [4.78, 5) is 19.3. The Hall–Kier alpha value is -2.21. The summed E-state index contributed by atoms with van der Waals surface area (Å²) in [5.41, 5.74) is 1.78. The number of nitrogens with one attached hydrogen (secondary N) is 2. The molecule has 0 aliphatic rings. The van der Waals surface area contributed by atoms with Crippen LogP contribution in [0.3, 0.4) is 0 Å². The van der Waals surface area contributed by atoms with Gasteiger partial charge in [0, 0.05) is 0 Å². The van der Waals surface area contributed by atoms with Gasteiger partial charge in [-0.15, -0.1) is 0 Å². The van der Waals surface area contributed by atoms with E-state index < -0.39 is 11.7 Å². The Morgan fingerprint density at radius 3 is 2.80 bits per heavy atom. The predicted octanol–water partition coefficient (Wildman–Crippen LogP) is 3.72. The molecule has 0 atom stereocenters. The fraction of sp³-hybridized carbons (Fsp3) is 0. The molecule has 1 aromatic heterocycles. The molecule has 1 heterocycles. The van der Waals surface area contributed by atoms with Crippen molar-refractivity contribution in [3.05, 3.63) is 58.3 Å². The van der Waals surface area contributed by atoms with Gasteiger partial charge in [0.2, 0.25) is 5.95 Å². The number of nitrogens with zero attached hydrogens (tertiary/aromatic N) is 1. The second-order valence-electron chi connectivity index (χ2n) is 4.16. The minimum atomic E-state index is -0.484. The van der Waals surface area contributed by atoms with E-state index in [1.807, 2.05) is 24.3 Å². The number of H-pyrrole nitrogens is 1. The summed E-state index contributed by atoms with van der Waals surface area (Å²) in [6, 6.07) is 11.7. The molecule has 3 rings (SSSR count). The van der Waals surface area contributed by atoms with Crippen molar-refractivity contribution >= 4 is 38.8 Å². The predicted molar refractivity (Wildman–Crippen MR) is 78.1 cm³/mol. The number of hydrogen-bond acceptors (Lipinski definition) is 2. The zero-order valence-electron chi connectivity index (χ0n) is 10.2. The van der Waals surface area contributed by atoms with E-state index in [-0.39, 0.29) is 10.0 Å². The molecular weight excluding hydrogens is 325 g/mol. The highest BCUT2D eigenvalue weighted by Crippen LogP contribution is 2.21. The topological polar surface area (TPSA) is 57.8 Å². The van der Waals surface area contributed by atoms with Crippen molar-refractivity contribution in [1.82, 2.24) is 9.97 Å². The third-order valence-corrected chi connectivity index (χ3v) is 3.62. The van der Waals surface area contributed by atoms with Crippen LogP contribution in [-0.4, -0.2) is 15.9 Å². The van der Waals surface area contributed by atoms with Crippen LogP contribution >= 0.6 is 15.9 Å². The first-order chi connectivity index (χ1) is 9.65. The van der Waals surface area contributed by atoms with E-state index in [2.05, 4.69) is 31.2 Å². The van der Waals surface area contributed by atoms with Gasteiger partial charge in [-0.1, -0.05) is 18.2 Å². The highest BCUT2D eigenvalue weighted by molar-refractivity contribution is 9.10. The monoisotopic (exact) mass is 333 g/mol. The van der Waals surface area contributed by atoms with Gasteiger partial charge in [0.15, 0.2) is 0 Å². The second-order valence-corrected chi connectivity index (χ2v) is 4.95. The maximum absolute atomic E-state index is 13.4. The lowest BCUT2D eigenvalue weighted by Gasteiger charge is -2.04. The molecule has 0 saturated carbocycles. The average molecular weight is 334 g/mol. The van der Waals surface area contributed by atoms with Gasteiger partial charge in [-0.2, -0.15) is 0 Å². The van der Waals surface area contributed by atoms with Crippen LogP contribution in [-0.2, 0) is 0 Å². The van der Waals surface area contributed by atoms with Gasteiger partial charge in [0.25, 0.3) is 5.91 Å². The number of rotatable bonds is 2. The number of carbonyl (C=O) groups is 1. The molecular formula is C14H9BrFN3O. The van der Waals surface area contributed by atoms with Gasteiger partial charge in [-0.25, -0.2) is 9.37 Å². The first kappa shape index (κ1) is 12.8. The molecule has 4 nitrogen and oxygen atoms in total. The van der Waals surface area contributed by atoms with Crippen molar-refractivity contribution in [3.8, 4) is 0 Å². The summed E-state index contributed by atoms with van der Waals surface area (Å²) in [6.07, 6.45) is 0. The molecule has 2 aromatic carbocycles. The maximum Gasteiger partial charge on any atom is 0.259 e. The number of halogens is 2. The van der Waals surface area contributed by atoms with Gasteiger partial charge >= 0.3 is 0 Å². The van der Waals surface area contributed by atoms with Crippen molar-refractivity contribution in [2.75, 3.05) is 5.32 Å². The number of para-hydroxylation sites is 2. The lowest BCUT2D eigenvalue weighted by atomic mass is 10.2. The van der Waals surface area contributed by atoms with E-state index in [4.69, 9.17) is 0 Å². The summed E-state index contributed by atoms with van der Waals surface area (Å²) < 4.78 is 13.5. The molecule has 0 radical (unpaired) electrons. The van der Waals surface area contributed by atoms with E-state index in [1.54, 1.807) is 0 Å². The van der Waals surface area contributed by atoms with Crippen molar-refractivity contribution in [1.29, 1.82) is 0 Å². The quantitative estimate of drug-likeness (QED) is 0.750. The number of benzene rings is 2.